The number of carboxylic acid groups (broad SMARTS) is 1. The first-order chi connectivity index (χ1) is 14.6. The third-order valence-electron chi connectivity index (χ3n) is 4.59. The van der Waals surface area contributed by atoms with Crippen molar-refractivity contribution in [2.45, 2.75) is 0 Å². The van der Waals surface area contributed by atoms with E-state index in [-0.39, 0.29) is 17.2 Å². The zero-order valence-electron chi connectivity index (χ0n) is 16.0. The average molecular weight is 401 g/mol. The minimum atomic E-state index is -1.11. The van der Waals surface area contributed by atoms with E-state index < -0.39 is 5.97 Å². The number of anilines is 1. The molecule has 0 unspecified atom stereocenters. The Morgan fingerprint density at radius 2 is 1.50 bits per heavy atom. The van der Waals surface area contributed by atoms with Crippen LogP contribution in [0.1, 0.15) is 31.8 Å². The van der Waals surface area contributed by atoms with Gasteiger partial charge in [-0.25, -0.2) is 4.79 Å². The fraction of sp³-hybridized carbons (Fsp3) is 0.0833. The van der Waals surface area contributed by atoms with Crippen LogP contribution in [-0.4, -0.2) is 30.2 Å². The van der Waals surface area contributed by atoms with E-state index in [2.05, 4.69) is 5.32 Å². The van der Waals surface area contributed by atoms with E-state index in [1.807, 2.05) is 36.4 Å². The number of carbonyl (C=O) groups is 2. The first kappa shape index (κ1) is 19.3. The predicted octanol–water partition coefficient (Wildman–Crippen LogP) is 4.58. The molecule has 2 N–H and O–H groups in total. The molecule has 0 saturated carbocycles. The number of amides is 1. The molecule has 6 nitrogen and oxygen atoms in total. The minimum absolute atomic E-state index is 0.0239. The number of fused-ring (bicyclic) bond motifs is 1. The molecule has 0 atom stereocenters. The average Bonchev–Trinajstić information content (AvgIpc) is 2.78. The first-order valence-electron chi connectivity index (χ1n) is 9.41. The van der Waals surface area contributed by atoms with Gasteiger partial charge in [-0.1, -0.05) is 42.5 Å². The molecule has 0 spiro atoms. The Morgan fingerprint density at radius 1 is 0.833 bits per heavy atom. The van der Waals surface area contributed by atoms with E-state index in [9.17, 15) is 14.7 Å². The Labute approximate surface area is 173 Å². The van der Waals surface area contributed by atoms with Crippen molar-refractivity contribution in [3.8, 4) is 11.5 Å². The highest BCUT2D eigenvalue weighted by Crippen LogP contribution is 2.31. The monoisotopic (exact) mass is 401 g/mol. The quantitative estimate of drug-likeness (QED) is 0.612. The molecule has 3 aromatic rings. The molecule has 1 aliphatic heterocycles. The zero-order valence-corrected chi connectivity index (χ0v) is 16.0. The van der Waals surface area contributed by atoms with Crippen LogP contribution in [0, 0.1) is 0 Å². The molecular formula is C24H19NO5. The van der Waals surface area contributed by atoms with E-state index in [1.54, 1.807) is 36.4 Å². The number of aromatic carboxylic acids is 1. The molecule has 3 aromatic carbocycles. The number of rotatable bonds is 5. The molecule has 0 aliphatic carbocycles. The highest BCUT2D eigenvalue weighted by Gasteiger charge is 2.14. The van der Waals surface area contributed by atoms with Crippen molar-refractivity contribution in [3.05, 3.63) is 89.0 Å². The predicted molar refractivity (Wildman–Crippen MR) is 114 cm³/mol. The van der Waals surface area contributed by atoms with Crippen LogP contribution in [0.3, 0.4) is 0 Å². The summed E-state index contributed by atoms with van der Waals surface area (Å²) in [6, 6.07) is 19.1. The van der Waals surface area contributed by atoms with Gasteiger partial charge in [0.1, 0.15) is 13.2 Å². The van der Waals surface area contributed by atoms with Gasteiger partial charge < -0.3 is 19.9 Å². The molecule has 1 heterocycles. The van der Waals surface area contributed by atoms with E-state index in [1.165, 1.54) is 6.07 Å². The van der Waals surface area contributed by atoms with Crippen LogP contribution in [0.15, 0.2) is 66.7 Å². The van der Waals surface area contributed by atoms with Gasteiger partial charge in [0.25, 0.3) is 5.91 Å². The van der Waals surface area contributed by atoms with Crippen molar-refractivity contribution in [1.82, 2.24) is 0 Å². The number of carbonyl (C=O) groups excluding carboxylic acids is 1. The van der Waals surface area contributed by atoms with Crippen molar-refractivity contribution in [1.29, 1.82) is 0 Å². The highest BCUT2D eigenvalue weighted by molar-refractivity contribution is 6.08. The summed E-state index contributed by atoms with van der Waals surface area (Å²) in [5.41, 5.74) is 2.37. The second kappa shape index (κ2) is 8.53. The van der Waals surface area contributed by atoms with Gasteiger partial charge in [-0.05, 0) is 47.5 Å². The molecule has 150 valence electrons. The maximum Gasteiger partial charge on any atom is 0.337 e. The third kappa shape index (κ3) is 4.33. The Kier molecular flexibility index (Phi) is 5.48. The van der Waals surface area contributed by atoms with Crippen LogP contribution in [-0.2, 0) is 0 Å². The SMILES string of the molecule is O=C(Nc1cc(/C=C/c2ccc3c(c2)OCCO3)ccc1C(=O)O)c1ccccc1. The van der Waals surface area contributed by atoms with Crippen molar-refractivity contribution >= 4 is 29.7 Å². The second-order valence-corrected chi connectivity index (χ2v) is 6.67. The number of hydrogen-bond acceptors (Lipinski definition) is 4. The maximum atomic E-state index is 12.5. The van der Waals surface area contributed by atoms with E-state index in [4.69, 9.17) is 9.47 Å². The summed E-state index contributed by atoms with van der Waals surface area (Å²) < 4.78 is 11.1. The number of ether oxygens (including phenoxy) is 2. The summed E-state index contributed by atoms with van der Waals surface area (Å²) in [5, 5.41) is 12.2. The lowest BCUT2D eigenvalue weighted by Gasteiger charge is -2.18. The van der Waals surface area contributed by atoms with Crippen LogP contribution in [0.2, 0.25) is 0 Å². The van der Waals surface area contributed by atoms with Gasteiger partial charge in [-0.15, -0.1) is 0 Å². The molecule has 0 aromatic heterocycles. The van der Waals surface area contributed by atoms with Crippen LogP contribution >= 0.6 is 0 Å². The van der Waals surface area contributed by atoms with Crippen LogP contribution in [0.5, 0.6) is 11.5 Å². The molecule has 0 radical (unpaired) electrons. The summed E-state index contributed by atoms with van der Waals surface area (Å²) in [6.45, 7) is 1.05. The van der Waals surface area contributed by atoms with Gasteiger partial charge in [-0.3, -0.25) is 4.79 Å². The molecule has 0 fully saturated rings. The fourth-order valence-corrected chi connectivity index (χ4v) is 3.10. The van der Waals surface area contributed by atoms with Crippen LogP contribution in [0.25, 0.3) is 12.2 Å². The standard InChI is InChI=1S/C24H19NO5/c26-23(18-4-2-1-3-5-18)25-20-14-16(8-10-19(20)24(27)28)6-7-17-9-11-21-22(15-17)30-13-12-29-21/h1-11,14-15H,12-13H2,(H,25,26)(H,27,28)/b7-6+. The Hall–Kier alpha value is -4.06. The van der Waals surface area contributed by atoms with Crippen molar-refractivity contribution < 1.29 is 24.2 Å². The third-order valence-corrected chi connectivity index (χ3v) is 4.59. The summed E-state index contributed by atoms with van der Waals surface area (Å²) in [5.74, 6) is -0.0673. The summed E-state index contributed by atoms with van der Waals surface area (Å²) >= 11 is 0. The zero-order chi connectivity index (χ0) is 20.9. The summed E-state index contributed by atoms with van der Waals surface area (Å²) in [7, 11) is 0. The number of carboxylic acids is 1. The van der Waals surface area contributed by atoms with E-state index in [0.717, 1.165) is 16.9 Å². The van der Waals surface area contributed by atoms with Gasteiger partial charge in [0.15, 0.2) is 11.5 Å². The number of hydrogen-bond donors (Lipinski definition) is 2. The molecule has 30 heavy (non-hydrogen) atoms. The minimum Gasteiger partial charge on any atom is -0.486 e. The smallest absolute Gasteiger partial charge is 0.337 e. The molecule has 0 saturated heterocycles. The Bertz CT molecular complexity index is 1120. The van der Waals surface area contributed by atoms with Crippen LogP contribution in [0.4, 0.5) is 5.69 Å². The van der Waals surface area contributed by atoms with Crippen molar-refractivity contribution in [2.75, 3.05) is 18.5 Å². The highest BCUT2D eigenvalue weighted by atomic mass is 16.6. The maximum absolute atomic E-state index is 12.5. The number of benzene rings is 3. The Morgan fingerprint density at radius 3 is 2.23 bits per heavy atom. The van der Waals surface area contributed by atoms with Crippen LogP contribution < -0.4 is 14.8 Å². The molecular weight excluding hydrogens is 382 g/mol. The lowest BCUT2D eigenvalue weighted by atomic mass is 10.1. The number of nitrogens with one attached hydrogen (secondary N) is 1. The van der Waals surface area contributed by atoms with Crippen molar-refractivity contribution in [3.63, 3.8) is 0 Å². The summed E-state index contributed by atoms with van der Waals surface area (Å²) in [4.78, 5) is 24.0. The van der Waals surface area contributed by atoms with Crippen molar-refractivity contribution in [2.24, 2.45) is 0 Å². The summed E-state index contributed by atoms with van der Waals surface area (Å²) in [6.07, 6.45) is 3.73. The van der Waals surface area contributed by atoms with E-state index >= 15 is 0 Å². The normalized spacial score (nSPS) is 12.5. The molecule has 4 rings (SSSR count). The Balaban J connectivity index is 1.58. The fourth-order valence-electron chi connectivity index (χ4n) is 3.10. The largest absolute Gasteiger partial charge is 0.486 e. The molecule has 1 aliphatic rings. The van der Waals surface area contributed by atoms with E-state index in [0.29, 0.717) is 24.5 Å². The first-order valence-corrected chi connectivity index (χ1v) is 9.41. The molecule has 6 heteroatoms. The van der Waals surface area contributed by atoms with Gasteiger partial charge in [0, 0.05) is 5.56 Å². The van der Waals surface area contributed by atoms with Gasteiger partial charge >= 0.3 is 5.97 Å². The lowest BCUT2D eigenvalue weighted by molar-refractivity contribution is 0.0698. The molecule has 0 bridgehead atoms. The van der Waals surface area contributed by atoms with Gasteiger partial charge in [-0.2, -0.15) is 0 Å². The van der Waals surface area contributed by atoms with Gasteiger partial charge in [0.2, 0.25) is 0 Å². The van der Waals surface area contributed by atoms with Gasteiger partial charge in [0.05, 0.1) is 11.3 Å². The molecule has 1 amide bonds. The second-order valence-electron chi connectivity index (χ2n) is 6.67. The lowest BCUT2D eigenvalue weighted by Crippen LogP contribution is -2.15. The topological polar surface area (TPSA) is 84.9 Å².